The van der Waals surface area contributed by atoms with Gasteiger partial charge in [-0.2, -0.15) is 26.3 Å². The maximum Gasteiger partial charge on any atom is 0.416 e. The van der Waals surface area contributed by atoms with E-state index in [9.17, 15) is 36.7 Å². The second kappa shape index (κ2) is 13.5. The maximum absolute atomic E-state index is 13.3. The molecule has 2 atom stereocenters. The number of methoxy groups -OCH3 is 1. The predicted molar refractivity (Wildman–Crippen MR) is 146 cm³/mol. The van der Waals surface area contributed by atoms with Crippen molar-refractivity contribution in [1.29, 1.82) is 0 Å². The number of benzene rings is 1. The van der Waals surface area contributed by atoms with E-state index in [-0.39, 0.29) is 23.7 Å². The minimum absolute atomic E-state index is 0.0318. The third kappa shape index (κ3) is 9.36. The van der Waals surface area contributed by atoms with Gasteiger partial charge in [-0.1, -0.05) is 50.1 Å². The molecule has 0 amide bonds. The van der Waals surface area contributed by atoms with E-state index < -0.39 is 41.2 Å². The second-order valence-corrected chi connectivity index (χ2v) is 11.6. The van der Waals surface area contributed by atoms with Gasteiger partial charge < -0.3 is 20.4 Å². The van der Waals surface area contributed by atoms with Crippen LogP contribution in [0, 0.1) is 11.3 Å². The summed E-state index contributed by atoms with van der Waals surface area (Å²) in [6.07, 6.45) is -6.18. The van der Waals surface area contributed by atoms with E-state index in [1.165, 1.54) is 14.0 Å². The highest BCUT2D eigenvalue weighted by atomic mass is 19.4. The summed E-state index contributed by atoms with van der Waals surface area (Å²) >= 11 is 0. The van der Waals surface area contributed by atoms with E-state index in [4.69, 9.17) is 4.74 Å². The number of hydrogen-bond donors (Lipinski definition) is 3. The Morgan fingerprint density at radius 2 is 1.61 bits per heavy atom. The van der Waals surface area contributed by atoms with Crippen LogP contribution in [0.3, 0.4) is 0 Å². The first-order chi connectivity index (χ1) is 18.8. The number of aliphatic hydroxyl groups is 1. The first-order valence-corrected chi connectivity index (χ1v) is 13.4. The first-order valence-electron chi connectivity index (χ1n) is 13.4. The summed E-state index contributed by atoms with van der Waals surface area (Å²) < 4.78 is 85.5. The number of nitrogens with zero attached hydrogens (tertiary/aromatic N) is 1. The van der Waals surface area contributed by atoms with Gasteiger partial charge >= 0.3 is 12.4 Å². The molecule has 5 nitrogen and oxygen atoms in total. The lowest BCUT2D eigenvalue weighted by Crippen LogP contribution is -2.36. The van der Waals surface area contributed by atoms with E-state index in [2.05, 4.69) is 24.3 Å². The lowest BCUT2D eigenvalue weighted by Gasteiger charge is -2.34. The van der Waals surface area contributed by atoms with Crippen molar-refractivity contribution in [2.45, 2.75) is 85.3 Å². The SMILES string of the molecule is COC(=C/C=C(\C)C(C)C)/C(=N/O)C1=C(CN[C@@H](C)[C@H](O)c2cc(C(F)(F)F)cc(C(F)(F)F)c2)CC(C)(C)CC1. The molecule has 230 valence electrons. The third-order valence-electron chi connectivity index (χ3n) is 7.48. The number of hydrogen-bond acceptors (Lipinski definition) is 5. The Morgan fingerprint density at radius 1 is 1.05 bits per heavy atom. The lowest BCUT2D eigenvalue weighted by atomic mass is 9.73. The molecule has 0 saturated carbocycles. The fourth-order valence-corrected chi connectivity index (χ4v) is 4.60. The molecule has 0 unspecified atom stereocenters. The van der Waals surface area contributed by atoms with Crippen molar-refractivity contribution < 1.29 is 41.4 Å². The molecule has 1 aliphatic rings. The first kappa shape index (κ1) is 34.4. The molecule has 0 radical (unpaired) electrons. The van der Waals surface area contributed by atoms with Crippen molar-refractivity contribution in [1.82, 2.24) is 5.32 Å². The smallest absolute Gasteiger partial charge is 0.416 e. The molecule has 41 heavy (non-hydrogen) atoms. The summed E-state index contributed by atoms with van der Waals surface area (Å²) in [5.74, 6) is 0.640. The van der Waals surface area contributed by atoms with E-state index >= 15 is 0 Å². The summed E-state index contributed by atoms with van der Waals surface area (Å²) in [7, 11) is 1.46. The van der Waals surface area contributed by atoms with Crippen LogP contribution in [0.4, 0.5) is 26.3 Å². The number of halogens is 6. The van der Waals surface area contributed by atoms with E-state index in [0.717, 1.165) is 23.1 Å². The van der Waals surface area contributed by atoms with Crippen LogP contribution in [0.2, 0.25) is 0 Å². The molecule has 0 bridgehead atoms. The largest absolute Gasteiger partial charge is 0.494 e. The molecule has 0 spiro atoms. The Hall–Kier alpha value is -2.79. The van der Waals surface area contributed by atoms with Gasteiger partial charge in [0.2, 0.25) is 0 Å². The van der Waals surface area contributed by atoms with Crippen LogP contribution in [0.25, 0.3) is 0 Å². The average Bonchev–Trinajstić information content (AvgIpc) is 2.87. The minimum atomic E-state index is -5.02. The van der Waals surface area contributed by atoms with Gasteiger partial charge in [-0.05, 0) is 79.9 Å². The molecule has 0 aromatic heterocycles. The highest BCUT2D eigenvalue weighted by Gasteiger charge is 2.38. The monoisotopic (exact) mass is 590 g/mol. The third-order valence-corrected chi connectivity index (χ3v) is 7.48. The Balaban J connectivity index is 2.42. The van der Waals surface area contributed by atoms with E-state index in [0.29, 0.717) is 36.7 Å². The van der Waals surface area contributed by atoms with Crippen LogP contribution in [-0.2, 0) is 17.1 Å². The molecular weight excluding hydrogens is 550 g/mol. The van der Waals surface area contributed by atoms with Crippen molar-refractivity contribution >= 4 is 5.71 Å². The van der Waals surface area contributed by atoms with Crippen molar-refractivity contribution in [3.63, 3.8) is 0 Å². The summed E-state index contributed by atoms with van der Waals surface area (Å²) in [6.45, 7) is 11.8. The molecule has 1 aromatic carbocycles. The normalized spacial score (nSPS) is 19.0. The fraction of sp³-hybridized carbons (Fsp3) is 0.567. The van der Waals surface area contributed by atoms with Gasteiger partial charge in [0.1, 0.15) is 11.5 Å². The number of ether oxygens (including phenoxy) is 1. The Labute approximate surface area is 237 Å². The van der Waals surface area contributed by atoms with Crippen molar-refractivity contribution in [3.05, 3.63) is 69.5 Å². The van der Waals surface area contributed by atoms with Crippen molar-refractivity contribution in [3.8, 4) is 0 Å². The molecule has 1 aliphatic carbocycles. The topological polar surface area (TPSA) is 74.1 Å². The van der Waals surface area contributed by atoms with Gasteiger partial charge in [0.15, 0.2) is 0 Å². The molecule has 0 fully saturated rings. The van der Waals surface area contributed by atoms with E-state index in [1.807, 2.05) is 26.8 Å². The zero-order chi connectivity index (χ0) is 31.3. The van der Waals surface area contributed by atoms with Gasteiger partial charge in [-0.25, -0.2) is 0 Å². The molecule has 1 aromatic rings. The highest BCUT2D eigenvalue weighted by Crippen LogP contribution is 2.41. The number of rotatable bonds is 10. The van der Waals surface area contributed by atoms with Crippen LogP contribution < -0.4 is 5.32 Å². The van der Waals surface area contributed by atoms with E-state index in [1.54, 1.807) is 6.08 Å². The number of nitrogens with one attached hydrogen (secondary N) is 1. The predicted octanol–water partition coefficient (Wildman–Crippen LogP) is 8.21. The number of aliphatic hydroxyl groups excluding tert-OH is 1. The van der Waals surface area contributed by atoms with Gasteiger partial charge in [0.25, 0.3) is 0 Å². The Morgan fingerprint density at radius 3 is 2.07 bits per heavy atom. The number of alkyl halides is 6. The van der Waals surface area contributed by atoms with Gasteiger partial charge in [-0.3, -0.25) is 0 Å². The Bertz CT molecular complexity index is 1160. The molecule has 0 heterocycles. The Kier molecular flexibility index (Phi) is 11.3. The van der Waals surface area contributed by atoms with Crippen LogP contribution in [0.5, 0.6) is 0 Å². The lowest BCUT2D eigenvalue weighted by molar-refractivity contribution is -0.143. The van der Waals surface area contributed by atoms with Crippen molar-refractivity contribution in [2.75, 3.05) is 13.7 Å². The maximum atomic E-state index is 13.3. The molecule has 0 saturated heterocycles. The number of oxime groups is 1. The van der Waals surface area contributed by atoms with Crippen molar-refractivity contribution in [2.24, 2.45) is 16.5 Å². The molecular formula is C30H40F6N2O3. The summed E-state index contributed by atoms with van der Waals surface area (Å²) in [4.78, 5) is 0. The van der Waals surface area contributed by atoms with Gasteiger partial charge in [0, 0.05) is 12.6 Å². The van der Waals surface area contributed by atoms with Crippen LogP contribution >= 0.6 is 0 Å². The average molecular weight is 591 g/mol. The molecule has 0 aliphatic heterocycles. The zero-order valence-electron chi connectivity index (χ0n) is 24.5. The van der Waals surface area contributed by atoms with Crippen LogP contribution in [-0.4, -0.2) is 35.7 Å². The number of allylic oxidation sites excluding steroid dienone is 4. The fourth-order valence-electron chi connectivity index (χ4n) is 4.60. The minimum Gasteiger partial charge on any atom is -0.494 e. The van der Waals surface area contributed by atoms with Gasteiger partial charge in [-0.15, -0.1) is 0 Å². The molecule has 2 rings (SSSR count). The second-order valence-electron chi connectivity index (χ2n) is 11.6. The van der Waals surface area contributed by atoms with Crippen LogP contribution in [0.1, 0.15) is 83.6 Å². The zero-order valence-corrected chi connectivity index (χ0v) is 24.5. The van der Waals surface area contributed by atoms with Crippen LogP contribution in [0.15, 0.2) is 58.0 Å². The summed E-state index contributed by atoms with van der Waals surface area (Å²) in [6, 6.07) is 0.183. The molecule has 3 N–H and O–H groups in total. The summed E-state index contributed by atoms with van der Waals surface area (Å²) in [5, 5.41) is 27.4. The standard InChI is InChI=1S/C30H40F6N2O3/c1-17(2)18(3)8-9-25(41-7)26(38-40)24-10-11-28(5,6)15-21(24)16-37-19(4)27(39)20-12-22(29(31,32)33)14-23(13-20)30(34,35)36/h8-9,12-14,17,19,27,37,39-40H,10-11,15-16H2,1-7H3/b18-8+,25-9+,38-26+/t19-,27-/m0/s1. The quantitative estimate of drug-likeness (QED) is 0.0641. The summed E-state index contributed by atoms with van der Waals surface area (Å²) in [5.41, 5.74) is -0.703. The van der Waals surface area contributed by atoms with Gasteiger partial charge in [0.05, 0.1) is 24.3 Å². The molecule has 11 heteroatoms. The highest BCUT2D eigenvalue weighted by molar-refractivity contribution is 6.11.